The van der Waals surface area contributed by atoms with E-state index in [9.17, 15) is 9.90 Å². The van der Waals surface area contributed by atoms with E-state index in [0.29, 0.717) is 11.3 Å². The van der Waals surface area contributed by atoms with Crippen LogP contribution >= 0.6 is 0 Å². The lowest BCUT2D eigenvalue weighted by molar-refractivity contribution is 0.0691. The second-order valence-electron chi connectivity index (χ2n) is 5.16. The van der Waals surface area contributed by atoms with Gasteiger partial charge in [0.25, 0.3) is 0 Å². The Kier molecular flexibility index (Phi) is 3.76. The van der Waals surface area contributed by atoms with Crippen molar-refractivity contribution in [3.63, 3.8) is 0 Å². The average Bonchev–Trinajstić information content (AvgIpc) is 3.01. The van der Waals surface area contributed by atoms with Crippen molar-refractivity contribution in [1.82, 2.24) is 20.0 Å². The van der Waals surface area contributed by atoms with Crippen molar-refractivity contribution in [2.24, 2.45) is 0 Å². The molecule has 1 N–H and O–H groups in total. The van der Waals surface area contributed by atoms with Crippen LogP contribution in [-0.4, -0.2) is 45.1 Å². The average molecular weight is 309 g/mol. The van der Waals surface area contributed by atoms with Crippen LogP contribution in [0.5, 0.6) is 0 Å². The number of hydrogen-bond donors (Lipinski definition) is 1. The lowest BCUT2D eigenvalue weighted by atomic mass is 10.1. The summed E-state index contributed by atoms with van der Waals surface area (Å²) in [7, 11) is 3.90. The Morgan fingerprint density at radius 3 is 2.48 bits per heavy atom. The van der Waals surface area contributed by atoms with Gasteiger partial charge in [-0.3, -0.25) is 4.98 Å². The SMILES string of the molecule is CN(C)c1ccc(-n2nnc(C(=O)O)c2-c2cccnc2)cc1. The van der Waals surface area contributed by atoms with E-state index in [4.69, 9.17) is 0 Å². The third kappa shape index (κ3) is 2.76. The molecule has 0 unspecified atom stereocenters. The maximum atomic E-state index is 11.4. The minimum atomic E-state index is -1.12. The number of pyridine rings is 1. The number of aromatic nitrogens is 4. The molecule has 1 aromatic carbocycles. The minimum Gasteiger partial charge on any atom is -0.476 e. The lowest BCUT2D eigenvalue weighted by Gasteiger charge is -2.13. The molecule has 0 radical (unpaired) electrons. The molecule has 3 aromatic rings. The monoisotopic (exact) mass is 309 g/mol. The number of nitrogens with zero attached hydrogens (tertiary/aromatic N) is 5. The third-order valence-corrected chi connectivity index (χ3v) is 3.42. The van der Waals surface area contributed by atoms with E-state index >= 15 is 0 Å². The van der Waals surface area contributed by atoms with Crippen LogP contribution in [-0.2, 0) is 0 Å². The largest absolute Gasteiger partial charge is 0.476 e. The zero-order valence-corrected chi connectivity index (χ0v) is 12.7. The Bertz CT molecular complexity index is 825. The highest BCUT2D eigenvalue weighted by atomic mass is 16.4. The third-order valence-electron chi connectivity index (χ3n) is 3.42. The van der Waals surface area contributed by atoms with Crippen LogP contribution in [0.3, 0.4) is 0 Å². The normalized spacial score (nSPS) is 10.5. The summed E-state index contributed by atoms with van der Waals surface area (Å²) in [6, 6.07) is 11.1. The molecule has 0 aliphatic carbocycles. The maximum Gasteiger partial charge on any atom is 0.358 e. The minimum absolute atomic E-state index is 0.102. The Labute approximate surface area is 132 Å². The summed E-state index contributed by atoms with van der Waals surface area (Å²) in [4.78, 5) is 17.5. The molecule has 2 aromatic heterocycles. The standard InChI is InChI=1S/C16H15N5O2/c1-20(2)12-5-7-13(8-6-12)21-15(11-4-3-9-17-10-11)14(16(22)23)18-19-21/h3-10H,1-2H3,(H,22,23). The molecule has 0 spiro atoms. The topological polar surface area (TPSA) is 84.1 Å². The van der Waals surface area contributed by atoms with E-state index in [1.165, 1.54) is 4.68 Å². The van der Waals surface area contributed by atoms with Crippen molar-refractivity contribution < 1.29 is 9.90 Å². The summed E-state index contributed by atoms with van der Waals surface area (Å²) in [5.41, 5.74) is 2.72. The smallest absolute Gasteiger partial charge is 0.358 e. The Hall–Kier alpha value is -3.22. The van der Waals surface area contributed by atoms with Crippen LogP contribution in [0.1, 0.15) is 10.5 Å². The molecule has 0 amide bonds. The van der Waals surface area contributed by atoms with Crippen molar-refractivity contribution in [3.05, 3.63) is 54.5 Å². The molecule has 0 atom stereocenters. The highest BCUT2D eigenvalue weighted by Crippen LogP contribution is 2.25. The molecule has 23 heavy (non-hydrogen) atoms. The Morgan fingerprint density at radius 2 is 1.91 bits per heavy atom. The highest BCUT2D eigenvalue weighted by molar-refractivity contribution is 5.92. The molecule has 2 heterocycles. The summed E-state index contributed by atoms with van der Waals surface area (Å²) in [6.07, 6.45) is 3.22. The number of rotatable bonds is 4. The van der Waals surface area contributed by atoms with Gasteiger partial charge in [-0.2, -0.15) is 0 Å². The van der Waals surface area contributed by atoms with Crippen LogP contribution in [0.15, 0.2) is 48.8 Å². The number of benzene rings is 1. The van der Waals surface area contributed by atoms with Gasteiger partial charge in [0.15, 0.2) is 5.69 Å². The second kappa shape index (κ2) is 5.88. The van der Waals surface area contributed by atoms with E-state index in [0.717, 1.165) is 11.4 Å². The molecule has 7 heteroatoms. The fraction of sp³-hybridized carbons (Fsp3) is 0.125. The first kappa shape index (κ1) is 14.7. The summed E-state index contributed by atoms with van der Waals surface area (Å²) in [5.74, 6) is -1.12. The van der Waals surface area contributed by atoms with Gasteiger partial charge in [0.05, 0.1) is 5.69 Å². The zero-order valence-electron chi connectivity index (χ0n) is 12.7. The molecule has 0 aliphatic rings. The van der Waals surface area contributed by atoms with Gasteiger partial charge in [0, 0.05) is 37.7 Å². The second-order valence-corrected chi connectivity index (χ2v) is 5.16. The van der Waals surface area contributed by atoms with Gasteiger partial charge in [-0.25, -0.2) is 9.48 Å². The molecule has 7 nitrogen and oxygen atoms in total. The van der Waals surface area contributed by atoms with Gasteiger partial charge >= 0.3 is 5.97 Å². The quantitative estimate of drug-likeness (QED) is 0.794. The van der Waals surface area contributed by atoms with Gasteiger partial charge in [-0.1, -0.05) is 5.21 Å². The lowest BCUT2D eigenvalue weighted by Crippen LogP contribution is -2.09. The molecule has 0 bridgehead atoms. The van der Waals surface area contributed by atoms with E-state index in [-0.39, 0.29) is 5.69 Å². The van der Waals surface area contributed by atoms with Crippen LogP contribution < -0.4 is 4.90 Å². The van der Waals surface area contributed by atoms with Crippen molar-refractivity contribution in [2.75, 3.05) is 19.0 Å². The first-order valence-electron chi connectivity index (χ1n) is 6.95. The molecular weight excluding hydrogens is 294 g/mol. The number of carboxylic acids is 1. The molecule has 116 valence electrons. The first-order chi connectivity index (χ1) is 11.1. The van der Waals surface area contributed by atoms with E-state index in [1.807, 2.05) is 43.3 Å². The molecule has 0 saturated heterocycles. The van der Waals surface area contributed by atoms with E-state index in [2.05, 4.69) is 15.3 Å². The maximum absolute atomic E-state index is 11.4. The number of carbonyl (C=O) groups is 1. The number of aromatic carboxylic acids is 1. The van der Waals surface area contributed by atoms with Crippen molar-refractivity contribution in [1.29, 1.82) is 0 Å². The van der Waals surface area contributed by atoms with Gasteiger partial charge in [-0.05, 0) is 36.4 Å². The van der Waals surface area contributed by atoms with E-state index in [1.54, 1.807) is 24.5 Å². The van der Waals surface area contributed by atoms with Crippen molar-refractivity contribution >= 4 is 11.7 Å². The van der Waals surface area contributed by atoms with Crippen molar-refractivity contribution in [2.45, 2.75) is 0 Å². The molecular formula is C16H15N5O2. The Balaban J connectivity index is 2.15. The predicted molar refractivity (Wildman–Crippen MR) is 85.9 cm³/mol. The predicted octanol–water partition coefficient (Wildman–Crippen LogP) is 2.09. The summed E-state index contributed by atoms with van der Waals surface area (Å²) in [5, 5.41) is 17.2. The van der Waals surface area contributed by atoms with E-state index < -0.39 is 5.97 Å². The van der Waals surface area contributed by atoms with Crippen LogP contribution in [0.25, 0.3) is 16.9 Å². The summed E-state index contributed by atoms with van der Waals surface area (Å²) < 4.78 is 1.51. The molecule has 0 aliphatic heterocycles. The number of carboxylic acid groups (broad SMARTS) is 1. The molecule has 3 rings (SSSR count). The number of hydrogen-bond acceptors (Lipinski definition) is 5. The molecule has 0 saturated carbocycles. The van der Waals surface area contributed by atoms with Gasteiger partial charge < -0.3 is 10.0 Å². The van der Waals surface area contributed by atoms with Crippen LogP contribution in [0, 0.1) is 0 Å². The first-order valence-corrected chi connectivity index (χ1v) is 6.95. The van der Waals surface area contributed by atoms with Crippen LogP contribution in [0.2, 0.25) is 0 Å². The van der Waals surface area contributed by atoms with Crippen LogP contribution in [0.4, 0.5) is 5.69 Å². The fourth-order valence-electron chi connectivity index (χ4n) is 2.26. The van der Waals surface area contributed by atoms with Gasteiger partial charge in [-0.15, -0.1) is 5.10 Å². The molecule has 0 fully saturated rings. The van der Waals surface area contributed by atoms with Crippen molar-refractivity contribution in [3.8, 4) is 16.9 Å². The highest BCUT2D eigenvalue weighted by Gasteiger charge is 2.21. The number of anilines is 1. The summed E-state index contributed by atoms with van der Waals surface area (Å²) >= 11 is 0. The van der Waals surface area contributed by atoms with Gasteiger partial charge in [0.2, 0.25) is 0 Å². The van der Waals surface area contributed by atoms with Gasteiger partial charge in [0.1, 0.15) is 5.69 Å². The zero-order chi connectivity index (χ0) is 16.4. The summed E-state index contributed by atoms with van der Waals surface area (Å²) in [6.45, 7) is 0. The Morgan fingerprint density at radius 1 is 1.17 bits per heavy atom. The fourth-order valence-corrected chi connectivity index (χ4v) is 2.26.